The summed E-state index contributed by atoms with van der Waals surface area (Å²) in [6.45, 7) is 6.43. The van der Waals surface area contributed by atoms with Gasteiger partial charge < -0.3 is 14.8 Å². The van der Waals surface area contributed by atoms with Crippen molar-refractivity contribution in [1.82, 2.24) is 5.32 Å². The van der Waals surface area contributed by atoms with Crippen LogP contribution < -0.4 is 5.32 Å². The van der Waals surface area contributed by atoms with E-state index in [1.165, 1.54) is 11.1 Å². The third kappa shape index (κ3) is 6.74. The molecule has 1 aromatic rings. The number of hydrogen-bond donors (Lipinski definition) is 1. The van der Waals surface area contributed by atoms with Gasteiger partial charge in [-0.15, -0.1) is 0 Å². The molecule has 0 bridgehead atoms. The van der Waals surface area contributed by atoms with Crippen LogP contribution in [0.4, 0.5) is 0 Å². The van der Waals surface area contributed by atoms with Gasteiger partial charge in [0.25, 0.3) is 0 Å². The Morgan fingerprint density at radius 3 is 2.44 bits per heavy atom. The first kappa shape index (κ1) is 15.2. The van der Waals surface area contributed by atoms with Crippen LogP contribution in [0.15, 0.2) is 24.3 Å². The molecule has 1 N–H and O–H groups in total. The molecule has 0 saturated carbocycles. The van der Waals surface area contributed by atoms with Gasteiger partial charge in [-0.1, -0.05) is 31.2 Å². The Bertz CT molecular complexity index is 298. The summed E-state index contributed by atoms with van der Waals surface area (Å²) in [6, 6.07) is 8.67. The number of hydrogen-bond acceptors (Lipinski definition) is 3. The highest BCUT2D eigenvalue weighted by atomic mass is 16.5. The van der Waals surface area contributed by atoms with E-state index >= 15 is 0 Å². The molecule has 0 spiro atoms. The van der Waals surface area contributed by atoms with Crippen LogP contribution >= 0.6 is 0 Å². The van der Waals surface area contributed by atoms with E-state index in [0.717, 1.165) is 39.1 Å². The van der Waals surface area contributed by atoms with Crippen LogP contribution in [0.1, 0.15) is 24.5 Å². The average Bonchev–Trinajstić information content (AvgIpc) is 2.40. The molecule has 3 nitrogen and oxygen atoms in total. The third-order valence-electron chi connectivity index (χ3n) is 2.77. The molecule has 0 aliphatic carbocycles. The number of methoxy groups -OCH3 is 1. The fourth-order valence-electron chi connectivity index (χ4n) is 1.71. The number of benzene rings is 1. The van der Waals surface area contributed by atoms with Crippen molar-refractivity contribution in [1.29, 1.82) is 0 Å². The van der Waals surface area contributed by atoms with E-state index in [2.05, 4.69) is 36.5 Å². The molecule has 1 rings (SSSR count). The normalized spacial score (nSPS) is 10.8. The van der Waals surface area contributed by atoms with Crippen LogP contribution in [-0.2, 0) is 22.5 Å². The summed E-state index contributed by atoms with van der Waals surface area (Å²) >= 11 is 0. The zero-order valence-corrected chi connectivity index (χ0v) is 11.6. The van der Waals surface area contributed by atoms with Crippen LogP contribution in [0.3, 0.4) is 0 Å². The quantitative estimate of drug-likeness (QED) is 0.648. The van der Waals surface area contributed by atoms with Crippen molar-refractivity contribution in [2.75, 3.05) is 33.4 Å². The van der Waals surface area contributed by atoms with Crippen LogP contribution in [0.5, 0.6) is 0 Å². The maximum atomic E-state index is 5.57. The highest BCUT2D eigenvalue weighted by Crippen LogP contribution is 2.06. The molecule has 0 aliphatic heterocycles. The van der Waals surface area contributed by atoms with Gasteiger partial charge in [-0.25, -0.2) is 0 Å². The molecular weight excluding hydrogens is 226 g/mol. The van der Waals surface area contributed by atoms with Crippen LogP contribution in [0, 0.1) is 0 Å². The maximum Gasteiger partial charge on any atom is 0.0716 e. The van der Waals surface area contributed by atoms with Gasteiger partial charge in [-0.2, -0.15) is 0 Å². The van der Waals surface area contributed by atoms with Crippen LogP contribution in [-0.4, -0.2) is 33.4 Å². The van der Waals surface area contributed by atoms with Crippen molar-refractivity contribution in [3.8, 4) is 0 Å². The minimum absolute atomic E-state index is 0.692. The summed E-state index contributed by atoms with van der Waals surface area (Å²) < 4.78 is 10.5. The molecule has 3 heteroatoms. The average molecular weight is 251 g/mol. The Hall–Kier alpha value is -0.900. The third-order valence-corrected chi connectivity index (χ3v) is 2.77. The summed E-state index contributed by atoms with van der Waals surface area (Å²) in [7, 11) is 1.71. The lowest BCUT2D eigenvalue weighted by atomic mass is 10.1. The lowest BCUT2D eigenvalue weighted by Gasteiger charge is -2.06. The first-order valence-corrected chi connectivity index (χ1v) is 6.72. The standard InChI is InChI=1S/C15H25NO2/c1-3-16-10-9-14-5-7-15(8-6-14)13-18-12-4-11-17-2/h5-8,16H,3-4,9-13H2,1-2H3. The van der Waals surface area contributed by atoms with E-state index in [9.17, 15) is 0 Å². The van der Waals surface area contributed by atoms with Crippen molar-refractivity contribution < 1.29 is 9.47 Å². The highest BCUT2D eigenvalue weighted by Gasteiger charge is 1.96. The number of ether oxygens (including phenoxy) is 2. The molecule has 0 amide bonds. The Labute approximate surface area is 110 Å². The highest BCUT2D eigenvalue weighted by molar-refractivity contribution is 5.22. The zero-order chi connectivity index (χ0) is 13.1. The molecule has 102 valence electrons. The first-order valence-electron chi connectivity index (χ1n) is 6.72. The van der Waals surface area contributed by atoms with E-state index in [0.29, 0.717) is 6.61 Å². The van der Waals surface area contributed by atoms with Gasteiger partial charge in [0.15, 0.2) is 0 Å². The second kappa shape index (κ2) is 10.1. The summed E-state index contributed by atoms with van der Waals surface area (Å²) in [4.78, 5) is 0. The Balaban J connectivity index is 2.19. The Kier molecular flexibility index (Phi) is 8.47. The lowest BCUT2D eigenvalue weighted by Crippen LogP contribution is -2.15. The second-order valence-electron chi connectivity index (χ2n) is 4.32. The Morgan fingerprint density at radius 1 is 1.06 bits per heavy atom. The molecule has 1 aromatic carbocycles. The molecule has 0 aliphatic rings. The van der Waals surface area contributed by atoms with Gasteiger partial charge in [0.2, 0.25) is 0 Å². The summed E-state index contributed by atoms with van der Waals surface area (Å²) in [5, 5.41) is 3.33. The van der Waals surface area contributed by atoms with E-state index < -0.39 is 0 Å². The molecule has 0 radical (unpaired) electrons. The van der Waals surface area contributed by atoms with E-state index in [-0.39, 0.29) is 0 Å². The van der Waals surface area contributed by atoms with E-state index in [1.807, 2.05) is 0 Å². The maximum absolute atomic E-state index is 5.57. The van der Waals surface area contributed by atoms with Gasteiger partial charge in [0.1, 0.15) is 0 Å². The van der Waals surface area contributed by atoms with Crippen molar-refractivity contribution in [3.05, 3.63) is 35.4 Å². The van der Waals surface area contributed by atoms with Gasteiger partial charge in [-0.05, 0) is 37.1 Å². The van der Waals surface area contributed by atoms with E-state index in [1.54, 1.807) is 7.11 Å². The molecule has 0 unspecified atom stereocenters. The summed E-state index contributed by atoms with van der Waals surface area (Å²) in [5.41, 5.74) is 2.61. The van der Waals surface area contributed by atoms with Crippen molar-refractivity contribution >= 4 is 0 Å². The smallest absolute Gasteiger partial charge is 0.0716 e. The van der Waals surface area contributed by atoms with Crippen molar-refractivity contribution in [2.24, 2.45) is 0 Å². The largest absolute Gasteiger partial charge is 0.385 e. The topological polar surface area (TPSA) is 30.5 Å². The predicted octanol–water partition coefficient (Wildman–Crippen LogP) is 2.39. The molecule has 0 fully saturated rings. The number of rotatable bonds is 10. The minimum Gasteiger partial charge on any atom is -0.385 e. The fraction of sp³-hybridized carbons (Fsp3) is 0.600. The van der Waals surface area contributed by atoms with Gasteiger partial charge >= 0.3 is 0 Å². The molecule has 0 aromatic heterocycles. The first-order chi connectivity index (χ1) is 8.86. The van der Waals surface area contributed by atoms with Gasteiger partial charge in [0, 0.05) is 20.3 Å². The Morgan fingerprint density at radius 2 is 1.78 bits per heavy atom. The van der Waals surface area contributed by atoms with Crippen molar-refractivity contribution in [3.63, 3.8) is 0 Å². The van der Waals surface area contributed by atoms with Crippen LogP contribution in [0.25, 0.3) is 0 Å². The fourth-order valence-corrected chi connectivity index (χ4v) is 1.71. The molecule has 0 heterocycles. The van der Waals surface area contributed by atoms with Gasteiger partial charge in [0.05, 0.1) is 6.61 Å². The second-order valence-corrected chi connectivity index (χ2v) is 4.32. The molecule has 0 atom stereocenters. The zero-order valence-electron chi connectivity index (χ0n) is 11.6. The minimum atomic E-state index is 0.692. The molecule has 18 heavy (non-hydrogen) atoms. The molecular formula is C15H25NO2. The van der Waals surface area contributed by atoms with Gasteiger partial charge in [-0.3, -0.25) is 0 Å². The number of likely N-dealkylation sites (N-methyl/N-ethyl adjacent to an activating group) is 1. The van der Waals surface area contributed by atoms with Crippen molar-refractivity contribution in [2.45, 2.75) is 26.4 Å². The lowest BCUT2D eigenvalue weighted by molar-refractivity contribution is 0.0928. The van der Waals surface area contributed by atoms with Crippen LogP contribution in [0.2, 0.25) is 0 Å². The SMILES string of the molecule is CCNCCc1ccc(COCCCOC)cc1. The molecule has 0 saturated heterocycles. The number of nitrogens with one attached hydrogen (secondary N) is 1. The van der Waals surface area contributed by atoms with E-state index in [4.69, 9.17) is 9.47 Å². The summed E-state index contributed by atoms with van der Waals surface area (Å²) in [5.74, 6) is 0. The predicted molar refractivity (Wildman–Crippen MR) is 74.8 cm³/mol. The monoisotopic (exact) mass is 251 g/mol. The summed E-state index contributed by atoms with van der Waals surface area (Å²) in [6.07, 6.45) is 2.04.